The third-order valence-electron chi connectivity index (χ3n) is 4.02. The lowest BCUT2D eigenvalue weighted by Crippen LogP contribution is -1.99. The number of aryl methyl sites for hydroxylation is 1. The van der Waals surface area contributed by atoms with Crippen molar-refractivity contribution >= 4 is 5.69 Å². The molecule has 106 valence electrons. The highest BCUT2D eigenvalue weighted by molar-refractivity contribution is 5.50. The van der Waals surface area contributed by atoms with Gasteiger partial charge >= 0.3 is 0 Å². The van der Waals surface area contributed by atoms with Crippen molar-refractivity contribution in [1.82, 2.24) is 0 Å². The van der Waals surface area contributed by atoms with E-state index < -0.39 is 0 Å². The Morgan fingerprint density at radius 2 is 2.10 bits per heavy atom. The van der Waals surface area contributed by atoms with Crippen LogP contribution < -0.4 is 10.1 Å². The molecule has 0 radical (unpaired) electrons. The molecule has 1 saturated carbocycles. The molecule has 3 heteroatoms. The molecule has 2 unspecified atom stereocenters. The summed E-state index contributed by atoms with van der Waals surface area (Å²) in [6, 6.07) is 10.3. The first kappa shape index (κ1) is 13.1. The number of anilines is 1. The summed E-state index contributed by atoms with van der Waals surface area (Å²) in [6.45, 7) is 5.03. The SMILES string of the molecule is COc1ccc(NCc2ccc(C3CC3C)o2)cc1C. The van der Waals surface area contributed by atoms with Crippen molar-refractivity contribution in [2.75, 3.05) is 12.4 Å². The second kappa shape index (κ2) is 5.23. The summed E-state index contributed by atoms with van der Waals surface area (Å²) >= 11 is 0. The van der Waals surface area contributed by atoms with Crippen LogP contribution in [0.3, 0.4) is 0 Å². The standard InChI is InChI=1S/C17H21NO2/c1-11-9-15(11)17-7-5-14(20-17)10-18-13-4-6-16(19-3)12(2)8-13/h4-8,11,15,18H,9-10H2,1-3H3. The quantitative estimate of drug-likeness (QED) is 0.878. The molecule has 1 aromatic carbocycles. The maximum absolute atomic E-state index is 5.89. The third-order valence-corrected chi connectivity index (χ3v) is 4.02. The summed E-state index contributed by atoms with van der Waals surface area (Å²) in [5.74, 6) is 4.48. The maximum Gasteiger partial charge on any atom is 0.123 e. The number of hydrogen-bond donors (Lipinski definition) is 1. The largest absolute Gasteiger partial charge is 0.496 e. The lowest BCUT2D eigenvalue weighted by Gasteiger charge is -2.08. The van der Waals surface area contributed by atoms with Crippen LogP contribution in [0.4, 0.5) is 5.69 Å². The summed E-state index contributed by atoms with van der Waals surface area (Å²) in [4.78, 5) is 0. The molecule has 0 amide bonds. The van der Waals surface area contributed by atoms with E-state index in [1.807, 2.05) is 19.1 Å². The minimum absolute atomic E-state index is 0.645. The van der Waals surface area contributed by atoms with Crippen molar-refractivity contribution < 1.29 is 9.15 Å². The lowest BCUT2D eigenvalue weighted by molar-refractivity contribution is 0.412. The normalized spacial score (nSPS) is 20.8. The molecule has 1 N–H and O–H groups in total. The van der Waals surface area contributed by atoms with E-state index in [9.17, 15) is 0 Å². The topological polar surface area (TPSA) is 34.4 Å². The number of hydrogen-bond acceptors (Lipinski definition) is 3. The molecule has 2 aromatic rings. The van der Waals surface area contributed by atoms with Crippen molar-refractivity contribution in [3.8, 4) is 5.75 Å². The highest BCUT2D eigenvalue weighted by Gasteiger charge is 2.36. The van der Waals surface area contributed by atoms with Gasteiger partial charge in [-0.15, -0.1) is 0 Å². The van der Waals surface area contributed by atoms with E-state index in [1.165, 1.54) is 6.42 Å². The fourth-order valence-electron chi connectivity index (χ4n) is 2.58. The number of furan rings is 1. The Labute approximate surface area is 119 Å². The van der Waals surface area contributed by atoms with E-state index in [2.05, 4.69) is 30.4 Å². The number of methoxy groups -OCH3 is 1. The van der Waals surface area contributed by atoms with Gasteiger partial charge in [-0.25, -0.2) is 0 Å². The molecule has 1 aromatic heterocycles. The molecule has 0 aliphatic heterocycles. The fraction of sp³-hybridized carbons (Fsp3) is 0.412. The Hall–Kier alpha value is -1.90. The van der Waals surface area contributed by atoms with E-state index in [1.54, 1.807) is 7.11 Å². The van der Waals surface area contributed by atoms with Crippen molar-refractivity contribution in [1.29, 1.82) is 0 Å². The molecule has 1 fully saturated rings. The van der Waals surface area contributed by atoms with Crippen LogP contribution in [0.1, 0.15) is 36.3 Å². The molecule has 20 heavy (non-hydrogen) atoms. The Balaban J connectivity index is 1.61. The first-order valence-corrected chi connectivity index (χ1v) is 7.14. The van der Waals surface area contributed by atoms with Gasteiger partial charge in [-0.3, -0.25) is 0 Å². The monoisotopic (exact) mass is 271 g/mol. The Morgan fingerprint density at radius 3 is 2.75 bits per heavy atom. The molecule has 3 rings (SSSR count). The van der Waals surface area contributed by atoms with Gasteiger partial charge in [0.05, 0.1) is 13.7 Å². The van der Waals surface area contributed by atoms with Crippen LogP contribution in [0.2, 0.25) is 0 Å². The first-order valence-electron chi connectivity index (χ1n) is 7.14. The number of ether oxygens (including phenoxy) is 1. The average Bonchev–Trinajstić information content (AvgIpc) is 3.00. The first-order chi connectivity index (χ1) is 9.67. The third kappa shape index (κ3) is 2.67. The molecule has 2 atom stereocenters. The van der Waals surface area contributed by atoms with Crippen LogP contribution in [-0.2, 0) is 6.54 Å². The zero-order chi connectivity index (χ0) is 14.1. The van der Waals surface area contributed by atoms with Crippen molar-refractivity contribution in [3.63, 3.8) is 0 Å². The second-order valence-corrected chi connectivity index (χ2v) is 5.66. The van der Waals surface area contributed by atoms with Crippen LogP contribution in [0.25, 0.3) is 0 Å². The smallest absolute Gasteiger partial charge is 0.123 e. The van der Waals surface area contributed by atoms with Crippen molar-refractivity contribution in [2.24, 2.45) is 5.92 Å². The van der Waals surface area contributed by atoms with E-state index in [0.29, 0.717) is 12.5 Å². The number of rotatable bonds is 5. The summed E-state index contributed by atoms with van der Waals surface area (Å²) in [7, 11) is 1.69. The van der Waals surface area contributed by atoms with E-state index in [0.717, 1.165) is 34.4 Å². The van der Waals surface area contributed by atoms with Crippen molar-refractivity contribution in [2.45, 2.75) is 32.7 Å². The molecular formula is C17H21NO2. The van der Waals surface area contributed by atoms with Crippen LogP contribution in [0, 0.1) is 12.8 Å². The Kier molecular flexibility index (Phi) is 3.43. The summed E-state index contributed by atoms with van der Waals surface area (Å²) in [5, 5.41) is 3.39. The van der Waals surface area contributed by atoms with Gasteiger partial charge in [-0.1, -0.05) is 6.92 Å². The Morgan fingerprint density at radius 1 is 1.30 bits per heavy atom. The molecular weight excluding hydrogens is 250 g/mol. The van der Waals surface area contributed by atoms with Gasteiger partial charge in [0.25, 0.3) is 0 Å². The van der Waals surface area contributed by atoms with Crippen LogP contribution in [0.15, 0.2) is 34.7 Å². The van der Waals surface area contributed by atoms with Crippen LogP contribution in [0.5, 0.6) is 5.75 Å². The molecule has 0 saturated heterocycles. The molecule has 1 heterocycles. The van der Waals surface area contributed by atoms with Crippen LogP contribution in [-0.4, -0.2) is 7.11 Å². The second-order valence-electron chi connectivity index (χ2n) is 5.66. The number of nitrogens with one attached hydrogen (secondary N) is 1. The van der Waals surface area contributed by atoms with Gasteiger partial charge in [0.15, 0.2) is 0 Å². The predicted molar refractivity (Wildman–Crippen MR) is 80.3 cm³/mol. The van der Waals surface area contributed by atoms with Crippen LogP contribution >= 0.6 is 0 Å². The van der Waals surface area contributed by atoms with E-state index in [-0.39, 0.29) is 0 Å². The lowest BCUT2D eigenvalue weighted by atomic mass is 10.2. The van der Waals surface area contributed by atoms with E-state index >= 15 is 0 Å². The zero-order valence-electron chi connectivity index (χ0n) is 12.3. The van der Waals surface area contributed by atoms with Gasteiger partial charge in [-0.2, -0.15) is 0 Å². The fourth-order valence-corrected chi connectivity index (χ4v) is 2.58. The Bertz CT molecular complexity index is 603. The number of benzene rings is 1. The summed E-state index contributed by atoms with van der Waals surface area (Å²) in [6.07, 6.45) is 1.26. The molecule has 1 aliphatic carbocycles. The highest BCUT2D eigenvalue weighted by Crippen LogP contribution is 2.47. The maximum atomic E-state index is 5.89. The van der Waals surface area contributed by atoms with Gasteiger partial charge in [0.1, 0.15) is 17.3 Å². The molecule has 1 aliphatic rings. The van der Waals surface area contributed by atoms with Gasteiger partial charge < -0.3 is 14.5 Å². The average molecular weight is 271 g/mol. The summed E-state index contributed by atoms with van der Waals surface area (Å²) in [5.41, 5.74) is 2.21. The molecule has 3 nitrogen and oxygen atoms in total. The summed E-state index contributed by atoms with van der Waals surface area (Å²) < 4.78 is 11.2. The van der Waals surface area contributed by atoms with Crippen molar-refractivity contribution in [3.05, 3.63) is 47.4 Å². The van der Waals surface area contributed by atoms with Gasteiger partial charge in [0, 0.05) is 11.6 Å². The zero-order valence-corrected chi connectivity index (χ0v) is 12.3. The minimum Gasteiger partial charge on any atom is -0.496 e. The van der Waals surface area contributed by atoms with Gasteiger partial charge in [-0.05, 0) is 55.2 Å². The minimum atomic E-state index is 0.645. The van der Waals surface area contributed by atoms with E-state index in [4.69, 9.17) is 9.15 Å². The molecule has 0 bridgehead atoms. The molecule has 0 spiro atoms. The predicted octanol–water partition coefficient (Wildman–Crippen LogP) is 4.33. The highest BCUT2D eigenvalue weighted by atomic mass is 16.5. The van der Waals surface area contributed by atoms with Gasteiger partial charge in [0.2, 0.25) is 0 Å².